The summed E-state index contributed by atoms with van der Waals surface area (Å²) < 4.78 is 0. The van der Waals surface area contributed by atoms with E-state index in [1.54, 1.807) is 12.3 Å². The van der Waals surface area contributed by atoms with Crippen LogP contribution >= 0.6 is 23.2 Å². The predicted molar refractivity (Wildman–Crippen MR) is 98.2 cm³/mol. The first-order valence-electron chi connectivity index (χ1n) is 8.17. The number of rotatable bonds is 7. The maximum absolute atomic E-state index is 11.7. The number of unbranched alkanes of at least 4 members (excludes halogenated alkanes) is 1. The van der Waals surface area contributed by atoms with Gasteiger partial charge in [-0.05, 0) is 31.2 Å². The zero-order valence-electron chi connectivity index (χ0n) is 13.5. The number of nitrogens with zero attached hydrogens (tertiary/aromatic N) is 2. The van der Waals surface area contributed by atoms with Crippen LogP contribution in [0.2, 0.25) is 16.4 Å². The molecule has 2 rings (SSSR count). The molecule has 0 saturated carbocycles. The van der Waals surface area contributed by atoms with E-state index in [0.29, 0.717) is 54.5 Å². The number of carboxylic acids is 1. The Morgan fingerprint density at radius 3 is 2.62 bits per heavy atom. The minimum atomic E-state index is -1.20. The average Bonchev–Trinajstić information content (AvgIpc) is 2.55. The quantitative estimate of drug-likeness (QED) is 0.570. The summed E-state index contributed by atoms with van der Waals surface area (Å²) in [6.45, 7) is 1.34. The molecular weight excluding hydrogens is 348 g/mol. The number of halogens is 2. The largest absolute Gasteiger partial charge is 0.480 e. The lowest BCUT2D eigenvalue weighted by Gasteiger charge is -2.40. The number of hydrogen-bond donors (Lipinski definition) is 2. The van der Waals surface area contributed by atoms with Crippen molar-refractivity contribution in [2.75, 3.05) is 18.0 Å². The van der Waals surface area contributed by atoms with Gasteiger partial charge in [-0.15, -0.1) is 0 Å². The third kappa shape index (κ3) is 4.35. The summed E-state index contributed by atoms with van der Waals surface area (Å²) in [5, 5.41) is 10.6. The second-order valence-corrected chi connectivity index (χ2v) is 7.16. The second kappa shape index (κ2) is 8.41. The van der Waals surface area contributed by atoms with Crippen molar-refractivity contribution in [1.29, 1.82) is 0 Å². The van der Waals surface area contributed by atoms with Gasteiger partial charge in [0.25, 0.3) is 0 Å². The fourth-order valence-electron chi connectivity index (χ4n) is 3.29. The fourth-order valence-corrected chi connectivity index (χ4v) is 3.79. The van der Waals surface area contributed by atoms with E-state index < -0.39 is 11.5 Å². The summed E-state index contributed by atoms with van der Waals surface area (Å²) in [7, 11) is 5.50. The van der Waals surface area contributed by atoms with Gasteiger partial charge in [-0.3, -0.25) is 4.79 Å². The topological polar surface area (TPSA) is 79.5 Å². The Morgan fingerprint density at radius 1 is 1.42 bits per heavy atom. The van der Waals surface area contributed by atoms with Crippen LogP contribution in [0.4, 0.5) is 5.82 Å². The Kier molecular flexibility index (Phi) is 6.78. The highest BCUT2D eigenvalue weighted by atomic mass is 35.5. The van der Waals surface area contributed by atoms with Crippen molar-refractivity contribution in [3.05, 3.63) is 22.3 Å². The molecule has 1 unspecified atom stereocenters. The molecule has 0 amide bonds. The van der Waals surface area contributed by atoms with Gasteiger partial charge in [0.05, 0.1) is 17.9 Å². The summed E-state index contributed by atoms with van der Waals surface area (Å²) in [5.41, 5.74) is 5.08. The third-order valence-corrected chi connectivity index (χ3v) is 5.24. The molecule has 1 aliphatic rings. The molecule has 1 atom stereocenters. The van der Waals surface area contributed by atoms with Gasteiger partial charge in [-0.2, -0.15) is 0 Å². The van der Waals surface area contributed by atoms with E-state index in [1.807, 2.05) is 0 Å². The number of hydrogen-bond acceptors (Lipinski definition) is 4. The van der Waals surface area contributed by atoms with Crippen molar-refractivity contribution in [3.63, 3.8) is 0 Å². The van der Waals surface area contributed by atoms with E-state index >= 15 is 0 Å². The Labute approximate surface area is 153 Å². The van der Waals surface area contributed by atoms with Gasteiger partial charge >= 0.3 is 5.97 Å². The molecule has 3 N–H and O–H groups in total. The predicted octanol–water partition coefficient (Wildman–Crippen LogP) is 3.14. The minimum absolute atomic E-state index is 0.0740. The van der Waals surface area contributed by atoms with E-state index in [-0.39, 0.29) is 5.92 Å². The van der Waals surface area contributed by atoms with Crippen molar-refractivity contribution in [2.45, 2.75) is 44.0 Å². The second-order valence-electron chi connectivity index (χ2n) is 6.31. The molecule has 24 heavy (non-hydrogen) atoms. The average molecular weight is 370 g/mol. The highest BCUT2D eigenvalue weighted by molar-refractivity contribution is 6.36. The molecule has 5 nitrogen and oxygen atoms in total. The lowest BCUT2D eigenvalue weighted by atomic mass is 9.75. The van der Waals surface area contributed by atoms with Crippen LogP contribution in [0.5, 0.6) is 0 Å². The minimum Gasteiger partial charge on any atom is -0.480 e. The highest BCUT2D eigenvalue weighted by Crippen LogP contribution is 2.34. The Balaban J connectivity index is 2.03. The van der Waals surface area contributed by atoms with Crippen LogP contribution in [0.25, 0.3) is 0 Å². The normalized spacial score (nSPS) is 18.4. The van der Waals surface area contributed by atoms with Crippen LogP contribution in [0.1, 0.15) is 32.1 Å². The first-order valence-corrected chi connectivity index (χ1v) is 8.92. The highest BCUT2D eigenvalue weighted by Gasteiger charge is 2.43. The van der Waals surface area contributed by atoms with Gasteiger partial charge in [-0.25, -0.2) is 4.98 Å². The van der Waals surface area contributed by atoms with Crippen molar-refractivity contribution >= 4 is 42.8 Å². The molecule has 0 aliphatic carbocycles. The number of carboxylic acid groups (broad SMARTS) is 1. The van der Waals surface area contributed by atoms with E-state index in [0.717, 1.165) is 12.8 Å². The molecule has 1 aromatic rings. The zero-order chi connectivity index (χ0) is 17.7. The summed E-state index contributed by atoms with van der Waals surface area (Å²) in [6.07, 6.45) is 5.45. The summed E-state index contributed by atoms with van der Waals surface area (Å²) in [6, 6.07) is 1.66. The van der Waals surface area contributed by atoms with E-state index in [2.05, 4.69) is 9.88 Å². The number of pyridine rings is 1. The molecule has 1 aliphatic heterocycles. The van der Waals surface area contributed by atoms with E-state index in [9.17, 15) is 9.90 Å². The third-order valence-electron chi connectivity index (χ3n) is 4.75. The van der Waals surface area contributed by atoms with Crippen LogP contribution in [0.3, 0.4) is 0 Å². The van der Waals surface area contributed by atoms with Gasteiger partial charge in [-0.1, -0.05) is 42.4 Å². The first-order chi connectivity index (χ1) is 11.4. The molecule has 2 heterocycles. The van der Waals surface area contributed by atoms with Crippen molar-refractivity contribution in [2.24, 2.45) is 11.7 Å². The molecular formula is C16H22BCl2N3O2. The SMILES string of the molecule is [B]CCCCC(N)(C(=O)O)C1CCN(c2ncc(Cl)cc2Cl)CC1. The van der Waals surface area contributed by atoms with Crippen LogP contribution in [-0.2, 0) is 4.79 Å². The van der Waals surface area contributed by atoms with Crippen molar-refractivity contribution in [3.8, 4) is 0 Å². The monoisotopic (exact) mass is 369 g/mol. The lowest BCUT2D eigenvalue weighted by molar-refractivity contribution is -0.146. The van der Waals surface area contributed by atoms with Crippen LogP contribution in [0.15, 0.2) is 12.3 Å². The van der Waals surface area contributed by atoms with Gasteiger partial charge in [0, 0.05) is 19.3 Å². The zero-order valence-corrected chi connectivity index (χ0v) is 15.1. The number of nitrogens with two attached hydrogens (primary N) is 1. The molecule has 1 aromatic heterocycles. The van der Waals surface area contributed by atoms with Crippen molar-refractivity contribution < 1.29 is 9.90 Å². The van der Waals surface area contributed by atoms with Gasteiger partial charge in [0.1, 0.15) is 11.4 Å². The molecule has 1 fully saturated rings. The Bertz CT molecular complexity index is 582. The van der Waals surface area contributed by atoms with Gasteiger partial charge in [0.15, 0.2) is 0 Å². The van der Waals surface area contributed by atoms with Gasteiger partial charge in [0.2, 0.25) is 0 Å². The Morgan fingerprint density at radius 2 is 2.08 bits per heavy atom. The van der Waals surface area contributed by atoms with Crippen LogP contribution in [-0.4, -0.2) is 42.5 Å². The van der Waals surface area contributed by atoms with Crippen molar-refractivity contribution in [1.82, 2.24) is 4.98 Å². The van der Waals surface area contributed by atoms with E-state index in [4.69, 9.17) is 36.8 Å². The Hall–Kier alpha value is -0.975. The standard InChI is InChI=1S/C16H22BCl2N3O2/c17-6-2-1-5-16(20,15(23)24)11-3-7-22(8-4-11)14-13(19)9-12(18)10-21-14/h9-11H,1-8,20H2,(H,23,24). The number of aromatic nitrogens is 1. The lowest BCUT2D eigenvalue weighted by Crippen LogP contribution is -2.57. The summed E-state index contributed by atoms with van der Waals surface area (Å²) in [4.78, 5) is 18.1. The molecule has 8 heteroatoms. The van der Waals surface area contributed by atoms with Crippen LogP contribution < -0.4 is 10.6 Å². The smallest absolute Gasteiger partial charge is 0.323 e. The molecule has 0 spiro atoms. The number of piperidine rings is 1. The molecule has 0 bridgehead atoms. The molecule has 0 aromatic carbocycles. The fraction of sp³-hybridized carbons (Fsp3) is 0.625. The number of carbonyl (C=O) groups is 1. The van der Waals surface area contributed by atoms with Gasteiger partial charge < -0.3 is 15.7 Å². The maximum Gasteiger partial charge on any atom is 0.323 e. The maximum atomic E-state index is 11.7. The number of anilines is 1. The number of aliphatic carboxylic acids is 1. The molecule has 130 valence electrons. The summed E-state index contributed by atoms with van der Waals surface area (Å²) >= 11 is 12.1. The first kappa shape index (κ1) is 19.4. The molecule has 2 radical (unpaired) electrons. The van der Waals surface area contributed by atoms with E-state index in [1.165, 1.54) is 0 Å². The van der Waals surface area contributed by atoms with Crippen LogP contribution in [0, 0.1) is 5.92 Å². The molecule has 1 saturated heterocycles. The summed E-state index contributed by atoms with van der Waals surface area (Å²) in [5.74, 6) is -0.323.